The van der Waals surface area contributed by atoms with E-state index < -0.39 is 11.6 Å². The first-order chi connectivity index (χ1) is 17.1. The largest absolute Gasteiger partial charge is 0.325 e. The Morgan fingerprint density at radius 2 is 1.23 bits per heavy atom. The number of amides is 4. The van der Waals surface area contributed by atoms with Crippen molar-refractivity contribution in [2.75, 3.05) is 5.32 Å². The van der Waals surface area contributed by atoms with E-state index in [9.17, 15) is 14.4 Å². The first kappa shape index (κ1) is 22.1. The lowest BCUT2D eigenvalue weighted by Crippen LogP contribution is -2.45. The summed E-state index contributed by atoms with van der Waals surface area (Å²) in [6.07, 6.45) is 0. The van der Waals surface area contributed by atoms with Gasteiger partial charge < -0.3 is 10.6 Å². The average Bonchev–Trinajstić information content (AvgIpc) is 3.16. The molecule has 1 fully saturated rings. The molecule has 0 radical (unpaired) electrons. The van der Waals surface area contributed by atoms with Crippen LogP contribution in [-0.4, -0.2) is 22.7 Å². The number of benzene rings is 4. The summed E-state index contributed by atoms with van der Waals surface area (Å²) in [5.41, 5.74) is 2.02. The second-order valence-electron chi connectivity index (χ2n) is 8.32. The summed E-state index contributed by atoms with van der Waals surface area (Å²) in [7, 11) is 0. The van der Waals surface area contributed by atoms with Gasteiger partial charge in [0.15, 0.2) is 5.54 Å². The zero-order valence-electron chi connectivity index (χ0n) is 18.8. The fraction of sp³-hybridized carbons (Fsp3) is 0.0690. The van der Waals surface area contributed by atoms with Gasteiger partial charge in [0.2, 0.25) is 0 Å². The Labute approximate surface area is 203 Å². The van der Waals surface area contributed by atoms with E-state index in [1.54, 1.807) is 24.3 Å². The van der Waals surface area contributed by atoms with E-state index in [1.807, 2.05) is 91.0 Å². The standard InChI is InChI=1S/C29H23N3O3/c33-26(30-25-14-8-3-9-15-25)22-18-16-21(17-19-22)20-32-27(34)29(31-28(32)35,23-10-4-1-5-11-23)24-12-6-2-7-13-24/h1-19H,20H2,(H,30,33)(H,31,35). The number of imide groups is 1. The molecule has 0 atom stereocenters. The fourth-order valence-electron chi connectivity index (χ4n) is 4.32. The lowest BCUT2D eigenvalue weighted by Gasteiger charge is -2.28. The molecule has 1 aliphatic heterocycles. The molecule has 5 rings (SSSR count). The molecule has 0 aromatic heterocycles. The maximum absolute atomic E-state index is 13.8. The van der Waals surface area contributed by atoms with Crippen molar-refractivity contribution in [3.8, 4) is 0 Å². The Kier molecular flexibility index (Phi) is 5.85. The third-order valence-electron chi connectivity index (χ3n) is 6.11. The SMILES string of the molecule is O=C(Nc1ccccc1)c1ccc(CN2C(=O)NC(c3ccccc3)(c3ccccc3)C2=O)cc1. The van der Waals surface area contributed by atoms with Gasteiger partial charge in [0.25, 0.3) is 11.8 Å². The van der Waals surface area contributed by atoms with Crippen LogP contribution in [0.1, 0.15) is 27.0 Å². The number of hydrogen-bond acceptors (Lipinski definition) is 3. The zero-order chi connectivity index (χ0) is 24.3. The number of hydrogen-bond donors (Lipinski definition) is 2. The minimum atomic E-state index is -1.30. The highest BCUT2D eigenvalue weighted by molar-refractivity contribution is 6.09. The van der Waals surface area contributed by atoms with Gasteiger partial charge in [-0.25, -0.2) is 4.79 Å². The van der Waals surface area contributed by atoms with Gasteiger partial charge in [-0.05, 0) is 41.0 Å². The first-order valence-corrected chi connectivity index (χ1v) is 11.3. The summed E-state index contributed by atoms with van der Waals surface area (Å²) in [5.74, 6) is -0.573. The molecule has 0 aliphatic carbocycles. The maximum atomic E-state index is 13.8. The predicted octanol–water partition coefficient (Wildman–Crippen LogP) is 4.93. The monoisotopic (exact) mass is 461 g/mol. The highest BCUT2D eigenvalue weighted by Gasteiger charge is 2.53. The van der Waals surface area contributed by atoms with Crippen LogP contribution in [0.4, 0.5) is 10.5 Å². The van der Waals surface area contributed by atoms with Gasteiger partial charge in [-0.1, -0.05) is 91.0 Å². The van der Waals surface area contributed by atoms with Crippen molar-refractivity contribution < 1.29 is 14.4 Å². The average molecular weight is 462 g/mol. The van der Waals surface area contributed by atoms with Crippen LogP contribution >= 0.6 is 0 Å². The summed E-state index contributed by atoms with van der Waals surface area (Å²) in [6, 6.07) is 34.1. The molecule has 4 aromatic rings. The van der Waals surface area contributed by atoms with Crippen molar-refractivity contribution in [2.24, 2.45) is 0 Å². The first-order valence-electron chi connectivity index (χ1n) is 11.3. The molecule has 6 nitrogen and oxygen atoms in total. The lowest BCUT2D eigenvalue weighted by atomic mass is 9.82. The van der Waals surface area contributed by atoms with Crippen LogP contribution in [0.15, 0.2) is 115 Å². The van der Waals surface area contributed by atoms with Gasteiger partial charge in [0.05, 0.1) is 6.54 Å². The number of nitrogens with one attached hydrogen (secondary N) is 2. The molecule has 1 aliphatic rings. The van der Waals surface area contributed by atoms with Gasteiger partial charge in [-0.3, -0.25) is 14.5 Å². The van der Waals surface area contributed by atoms with E-state index in [2.05, 4.69) is 10.6 Å². The number of carbonyl (C=O) groups excluding carboxylic acids is 3. The molecule has 0 unspecified atom stereocenters. The van der Waals surface area contributed by atoms with Crippen molar-refractivity contribution in [1.29, 1.82) is 0 Å². The highest BCUT2D eigenvalue weighted by atomic mass is 16.2. The van der Waals surface area contributed by atoms with E-state index in [4.69, 9.17) is 0 Å². The van der Waals surface area contributed by atoms with E-state index in [1.165, 1.54) is 4.90 Å². The second-order valence-corrected chi connectivity index (χ2v) is 8.32. The zero-order valence-corrected chi connectivity index (χ0v) is 18.8. The van der Waals surface area contributed by atoms with Gasteiger partial charge in [0.1, 0.15) is 0 Å². The Bertz CT molecular complexity index is 1320. The Balaban J connectivity index is 1.39. The minimum Gasteiger partial charge on any atom is -0.322 e. The van der Waals surface area contributed by atoms with E-state index >= 15 is 0 Å². The number of rotatable bonds is 6. The molecule has 35 heavy (non-hydrogen) atoms. The molecule has 2 N–H and O–H groups in total. The van der Waals surface area contributed by atoms with Gasteiger partial charge in [0, 0.05) is 11.3 Å². The number of nitrogens with zero attached hydrogens (tertiary/aromatic N) is 1. The number of urea groups is 1. The van der Waals surface area contributed by atoms with Crippen LogP contribution < -0.4 is 10.6 Å². The minimum absolute atomic E-state index is 0.0899. The smallest absolute Gasteiger partial charge is 0.322 e. The molecular formula is C29H23N3O3. The Morgan fingerprint density at radius 3 is 1.77 bits per heavy atom. The third-order valence-corrected chi connectivity index (χ3v) is 6.11. The van der Waals surface area contributed by atoms with Crippen molar-refractivity contribution in [1.82, 2.24) is 10.2 Å². The molecule has 1 heterocycles. The van der Waals surface area contributed by atoms with Crippen molar-refractivity contribution >= 4 is 23.5 Å². The summed E-state index contributed by atoms with van der Waals surface area (Å²) in [4.78, 5) is 40.6. The summed E-state index contributed by atoms with van der Waals surface area (Å²) >= 11 is 0. The number of para-hydroxylation sites is 1. The summed E-state index contributed by atoms with van der Waals surface area (Å²) in [5, 5.41) is 5.79. The van der Waals surface area contributed by atoms with Crippen LogP contribution in [0, 0.1) is 0 Å². The van der Waals surface area contributed by atoms with Crippen molar-refractivity contribution in [3.05, 3.63) is 138 Å². The number of anilines is 1. The number of carbonyl (C=O) groups is 3. The molecule has 4 aromatic carbocycles. The quantitative estimate of drug-likeness (QED) is 0.400. The molecule has 172 valence electrons. The van der Waals surface area contributed by atoms with Crippen LogP contribution in [0.3, 0.4) is 0 Å². The highest BCUT2D eigenvalue weighted by Crippen LogP contribution is 2.36. The van der Waals surface area contributed by atoms with Crippen LogP contribution in [0.2, 0.25) is 0 Å². The predicted molar refractivity (Wildman–Crippen MR) is 134 cm³/mol. The Morgan fingerprint density at radius 1 is 0.714 bits per heavy atom. The summed E-state index contributed by atoms with van der Waals surface area (Å²) < 4.78 is 0. The lowest BCUT2D eigenvalue weighted by molar-refractivity contribution is -0.130. The van der Waals surface area contributed by atoms with Crippen molar-refractivity contribution in [2.45, 2.75) is 12.1 Å². The Hall–Kier alpha value is -4.71. The molecule has 0 bridgehead atoms. The van der Waals surface area contributed by atoms with E-state index in [0.717, 1.165) is 5.56 Å². The van der Waals surface area contributed by atoms with E-state index in [0.29, 0.717) is 22.4 Å². The second kappa shape index (κ2) is 9.27. The molecule has 0 saturated carbocycles. The van der Waals surface area contributed by atoms with Gasteiger partial charge >= 0.3 is 6.03 Å². The topological polar surface area (TPSA) is 78.5 Å². The maximum Gasteiger partial charge on any atom is 0.325 e. The summed E-state index contributed by atoms with van der Waals surface area (Å²) in [6.45, 7) is 0.0899. The van der Waals surface area contributed by atoms with Crippen LogP contribution in [-0.2, 0) is 16.9 Å². The fourth-order valence-corrected chi connectivity index (χ4v) is 4.32. The van der Waals surface area contributed by atoms with Crippen LogP contribution in [0.25, 0.3) is 0 Å². The molecule has 1 saturated heterocycles. The normalized spacial score (nSPS) is 14.5. The van der Waals surface area contributed by atoms with Gasteiger partial charge in [-0.15, -0.1) is 0 Å². The van der Waals surface area contributed by atoms with Crippen molar-refractivity contribution in [3.63, 3.8) is 0 Å². The molecule has 4 amide bonds. The van der Waals surface area contributed by atoms with Crippen LogP contribution in [0.5, 0.6) is 0 Å². The van der Waals surface area contributed by atoms with E-state index in [-0.39, 0.29) is 18.4 Å². The molecule has 6 heteroatoms. The molecular weight excluding hydrogens is 438 g/mol. The van der Waals surface area contributed by atoms with Gasteiger partial charge in [-0.2, -0.15) is 0 Å². The molecule has 0 spiro atoms. The third kappa shape index (κ3) is 4.17.